The van der Waals surface area contributed by atoms with Crippen LogP contribution in [0.5, 0.6) is 11.5 Å². The van der Waals surface area contributed by atoms with Crippen molar-refractivity contribution in [2.45, 2.75) is 39.3 Å². The molecule has 4 rings (SSSR count). The summed E-state index contributed by atoms with van der Waals surface area (Å²) in [5.41, 5.74) is 0.285. The number of halogens is 3. The standard InChI is InChI=1S/C25H31ClF2N4O4Si/c1-25(13-35-14-25)12-30-24(33)31-16-9-18(27)22(19(28)10-16)36-20-5-6-29-23-21(20)17(26)11-32(23)15-34-7-8-37(2,3)4/h5-6,9-11H,7-8,12-15H2,1-4H3,(H2,30,31,33)/q-1. The smallest absolute Gasteiger partial charge is 0.319 e. The van der Waals surface area contributed by atoms with Crippen LogP contribution in [0.4, 0.5) is 19.3 Å². The average Bonchev–Trinajstić information content (AvgIpc) is 3.12. The number of hydrogen-bond acceptors (Lipinski definition) is 5. The van der Waals surface area contributed by atoms with Crippen LogP contribution in [0, 0.1) is 17.0 Å². The molecule has 2 aromatic heterocycles. The van der Waals surface area contributed by atoms with Crippen molar-refractivity contribution in [2.75, 3.05) is 31.7 Å². The summed E-state index contributed by atoms with van der Waals surface area (Å²) in [5, 5.41) is 5.84. The molecule has 2 amide bonds. The zero-order valence-corrected chi connectivity index (χ0v) is 23.0. The van der Waals surface area contributed by atoms with E-state index in [0.29, 0.717) is 42.4 Å². The van der Waals surface area contributed by atoms with Crippen LogP contribution in [-0.2, 0) is 16.2 Å². The Morgan fingerprint density at radius 1 is 1.27 bits per heavy atom. The fourth-order valence-corrected chi connectivity index (χ4v) is 4.78. The van der Waals surface area contributed by atoms with Gasteiger partial charge in [-0.15, -0.1) is 14.1 Å². The first kappa shape index (κ1) is 27.3. The number of benzene rings is 1. The fraction of sp³-hybridized carbons (Fsp3) is 0.440. The van der Waals surface area contributed by atoms with Crippen LogP contribution in [0.25, 0.3) is 11.0 Å². The van der Waals surface area contributed by atoms with Crippen LogP contribution in [0.3, 0.4) is 0 Å². The number of anilines is 1. The highest BCUT2D eigenvalue weighted by molar-refractivity contribution is 6.76. The zero-order chi connectivity index (χ0) is 26.8. The van der Waals surface area contributed by atoms with Crippen molar-refractivity contribution >= 4 is 42.4 Å². The number of nitrogens with zero attached hydrogens (tertiary/aromatic N) is 2. The van der Waals surface area contributed by atoms with Gasteiger partial charge in [0.25, 0.3) is 0 Å². The zero-order valence-electron chi connectivity index (χ0n) is 21.3. The topological polar surface area (TPSA) is 86.6 Å². The van der Waals surface area contributed by atoms with E-state index in [1.54, 1.807) is 10.8 Å². The van der Waals surface area contributed by atoms with E-state index in [4.69, 9.17) is 25.8 Å². The lowest BCUT2D eigenvalue weighted by molar-refractivity contribution is -0.0974. The van der Waals surface area contributed by atoms with Crippen molar-refractivity contribution in [3.05, 3.63) is 47.2 Å². The van der Waals surface area contributed by atoms with Gasteiger partial charge in [-0.2, -0.15) is 19.6 Å². The quantitative estimate of drug-likeness (QED) is 0.230. The second-order valence-corrected chi connectivity index (χ2v) is 16.8. The van der Waals surface area contributed by atoms with Crippen molar-refractivity contribution in [3.63, 3.8) is 0 Å². The highest BCUT2D eigenvalue weighted by atomic mass is 35.5. The summed E-state index contributed by atoms with van der Waals surface area (Å²) < 4.78 is 48.0. The van der Waals surface area contributed by atoms with Gasteiger partial charge in [-0.3, -0.25) is 0 Å². The summed E-state index contributed by atoms with van der Waals surface area (Å²) in [6.07, 6.45) is 3.12. The van der Waals surface area contributed by atoms with Crippen LogP contribution in [-0.4, -0.2) is 50.0 Å². The number of fused-ring (bicyclic) bond motifs is 1. The Hall–Kier alpha value is -2.73. The number of pyridine rings is 1. The first-order valence-electron chi connectivity index (χ1n) is 11.9. The molecule has 3 heterocycles. The molecule has 3 aromatic rings. The van der Waals surface area contributed by atoms with Crippen molar-refractivity contribution in [3.8, 4) is 11.5 Å². The molecule has 1 saturated heterocycles. The van der Waals surface area contributed by atoms with Gasteiger partial charge in [0.05, 0.1) is 23.6 Å². The van der Waals surface area contributed by atoms with E-state index >= 15 is 0 Å². The molecule has 0 saturated carbocycles. The van der Waals surface area contributed by atoms with E-state index in [1.165, 1.54) is 12.3 Å². The van der Waals surface area contributed by atoms with Gasteiger partial charge in [0, 0.05) is 48.8 Å². The average molecular weight is 553 g/mol. The maximum absolute atomic E-state index is 14.9. The Kier molecular flexibility index (Phi) is 8.07. The van der Waals surface area contributed by atoms with Gasteiger partial charge in [-0.25, -0.2) is 18.6 Å². The molecule has 0 radical (unpaired) electrons. The van der Waals surface area contributed by atoms with Crippen molar-refractivity contribution in [1.82, 2.24) is 14.9 Å². The lowest BCUT2D eigenvalue weighted by Gasteiger charge is -2.37. The SMILES string of the molecule is CC1(CNC(=O)Nc2cc(F)c(Oc3ccnc4c3c(Cl)cn4COCC[Si-](C)(C)C)c(F)c2)COC1. The Labute approximate surface area is 220 Å². The monoisotopic (exact) mass is 552 g/mol. The second kappa shape index (κ2) is 10.9. The number of nitrogens with one attached hydrogen (secondary N) is 2. The molecule has 1 fully saturated rings. The maximum atomic E-state index is 14.9. The van der Waals surface area contributed by atoms with Crippen molar-refractivity contribution < 1.29 is 27.8 Å². The summed E-state index contributed by atoms with van der Waals surface area (Å²) in [4.78, 5) is 16.5. The molecule has 8 nitrogen and oxygen atoms in total. The van der Waals surface area contributed by atoms with E-state index in [2.05, 4.69) is 35.3 Å². The van der Waals surface area contributed by atoms with Crippen LogP contribution < -0.4 is 15.4 Å². The molecule has 0 spiro atoms. The number of ether oxygens (including phenoxy) is 3. The third-order valence-corrected chi connectivity index (χ3v) is 7.94. The first-order valence-corrected chi connectivity index (χ1v) is 16.0. The lowest BCUT2D eigenvalue weighted by atomic mass is 9.89. The number of hydrogen-bond donors (Lipinski definition) is 2. The molecule has 1 aromatic carbocycles. The molecule has 0 aliphatic carbocycles. The summed E-state index contributed by atoms with van der Waals surface area (Å²) in [6.45, 7) is 11.1. The third-order valence-electron chi connectivity index (χ3n) is 5.94. The van der Waals surface area contributed by atoms with Gasteiger partial charge in [0.15, 0.2) is 17.4 Å². The Balaban J connectivity index is 1.46. The van der Waals surface area contributed by atoms with Gasteiger partial charge in [0.2, 0.25) is 0 Å². The predicted octanol–water partition coefficient (Wildman–Crippen LogP) is 6.23. The summed E-state index contributed by atoms with van der Waals surface area (Å²) in [6, 6.07) is 3.90. The predicted molar refractivity (Wildman–Crippen MR) is 141 cm³/mol. The van der Waals surface area contributed by atoms with Gasteiger partial charge >= 0.3 is 6.03 Å². The van der Waals surface area contributed by atoms with Crippen LogP contribution in [0.2, 0.25) is 30.7 Å². The van der Waals surface area contributed by atoms with E-state index in [0.717, 1.165) is 18.2 Å². The van der Waals surface area contributed by atoms with Crippen LogP contribution in [0.15, 0.2) is 30.6 Å². The van der Waals surface area contributed by atoms with Crippen molar-refractivity contribution in [2.24, 2.45) is 5.41 Å². The van der Waals surface area contributed by atoms with Crippen LogP contribution >= 0.6 is 11.6 Å². The van der Waals surface area contributed by atoms with E-state index < -0.39 is 31.5 Å². The largest absolute Gasteiger partial charge is 0.450 e. The number of carbonyl (C=O) groups is 1. The Morgan fingerprint density at radius 3 is 2.59 bits per heavy atom. The van der Waals surface area contributed by atoms with Gasteiger partial charge in [-0.1, -0.05) is 18.5 Å². The Bertz CT molecular complexity index is 1270. The maximum Gasteiger partial charge on any atom is 0.319 e. The molecule has 201 valence electrons. The number of aromatic nitrogens is 2. The minimum Gasteiger partial charge on any atom is -0.450 e. The lowest BCUT2D eigenvalue weighted by Crippen LogP contribution is -2.49. The van der Waals surface area contributed by atoms with Crippen LogP contribution in [0.1, 0.15) is 6.92 Å². The molecular weight excluding hydrogens is 522 g/mol. The molecule has 37 heavy (non-hydrogen) atoms. The molecule has 0 atom stereocenters. The summed E-state index contributed by atoms with van der Waals surface area (Å²) in [7, 11) is -1.23. The molecule has 1 aliphatic heterocycles. The first-order chi connectivity index (χ1) is 17.4. The number of amides is 2. The highest BCUT2D eigenvalue weighted by Gasteiger charge is 2.33. The third kappa shape index (κ3) is 6.78. The van der Waals surface area contributed by atoms with Gasteiger partial charge in [-0.05, 0) is 6.07 Å². The molecule has 12 heteroatoms. The fourth-order valence-electron chi connectivity index (χ4n) is 3.72. The molecule has 0 unspecified atom stereocenters. The van der Waals surface area contributed by atoms with E-state index in [9.17, 15) is 13.6 Å². The highest BCUT2D eigenvalue weighted by Crippen LogP contribution is 2.37. The van der Waals surface area contributed by atoms with Gasteiger partial charge < -0.3 is 29.4 Å². The summed E-state index contributed by atoms with van der Waals surface area (Å²) >= 11 is 6.43. The molecular formula is C25H31ClF2N4O4Si-. The number of rotatable bonds is 10. The van der Waals surface area contributed by atoms with E-state index in [1.807, 2.05) is 6.92 Å². The molecule has 1 aliphatic rings. The Morgan fingerprint density at radius 2 is 1.97 bits per heavy atom. The van der Waals surface area contributed by atoms with E-state index in [-0.39, 0.29) is 23.6 Å². The molecule has 2 N–H and O–H groups in total. The van der Waals surface area contributed by atoms with Gasteiger partial charge in [0.1, 0.15) is 18.1 Å². The van der Waals surface area contributed by atoms with Crippen molar-refractivity contribution in [1.29, 1.82) is 0 Å². The number of urea groups is 1. The second-order valence-electron chi connectivity index (χ2n) is 10.8. The molecule has 0 bridgehead atoms. The number of carbonyl (C=O) groups excluding carboxylic acids is 1. The minimum absolute atomic E-state index is 0.0469. The summed E-state index contributed by atoms with van der Waals surface area (Å²) in [5.74, 6) is -2.44. The normalized spacial score (nSPS) is 14.9. The minimum atomic E-state index is -1.23.